The molecule has 2 aromatic rings. The van der Waals surface area contributed by atoms with Gasteiger partial charge in [-0.15, -0.1) is 0 Å². The predicted molar refractivity (Wildman–Crippen MR) is 80.8 cm³/mol. The van der Waals surface area contributed by atoms with Crippen molar-refractivity contribution >= 4 is 21.6 Å². The Hall–Kier alpha value is -1.37. The van der Waals surface area contributed by atoms with Gasteiger partial charge in [0.2, 0.25) is 10.0 Å². The Morgan fingerprint density at radius 3 is 2.38 bits per heavy atom. The first-order chi connectivity index (χ1) is 9.85. The molecule has 1 aromatic carbocycles. The summed E-state index contributed by atoms with van der Waals surface area (Å²) in [7, 11) is -3.69. The van der Waals surface area contributed by atoms with Gasteiger partial charge in [0.1, 0.15) is 10.6 Å². The predicted octanol–water partition coefficient (Wildman–Crippen LogP) is 3.37. The van der Waals surface area contributed by atoms with E-state index in [0.717, 1.165) is 5.56 Å². The molecule has 0 bridgehead atoms. The van der Waals surface area contributed by atoms with E-state index in [0.29, 0.717) is 17.1 Å². The van der Waals surface area contributed by atoms with E-state index in [4.69, 9.17) is 16.1 Å². The molecule has 114 valence electrons. The largest absolute Gasteiger partial charge is 0.360 e. The number of halogens is 1. The average molecular weight is 329 g/mol. The van der Waals surface area contributed by atoms with Crippen molar-refractivity contribution in [3.05, 3.63) is 46.3 Å². The fourth-order valence-electron chi connectivity index (χ4n) is 2.19. The first-order valence-corrected chi connectivity index (χ1v) is 8.42. The van der Waals surface area contributed by atoms with Gasteiger partial charge in [0, 0.05) is 11.1 Å². The molecule has 0 aliphatic carbocycles. The Kier molecular flexibility index (Phi) is 4.70. The van der Waals surface area contributed by atoms with Gasteiger partial charge in [-0.2, -0.15) is 0 Å². The highest BCUT2D eigenvalue weighted by Gasteiger charge is 2.27. The minimum atomic E-state index is -3.69. The van der Waals surface area contributed by atoms with Crippen molar-refractivity contribution in [2.24, 2.45) is 0 Å². The van der Waals surface area contributed by atoms with Gasteiger partial charge in [-0.1, -0.05) is 35.8 Å². The third-order valence-electron chi connectivity index (χ3n) is 3.21. The normalized spacial score (nSPS) is 13.3. The molecule has 5 nitrogen and oxygen atoms in total. The highest BCUT2D eigenvalue weighted by atomic mass is 35.5. The lowest BCUT2D eigenvalue weighted by Gasteiger charge is -2.17. The summed E-state index contributed by atoms with van der Waals surface area (Å²) in [5.74, 6) is 0.283. The Labute approximate surface area is 129 Å². The van der Waals surface area contributed by atoms with Crippen molar-refractivity contribution in [1.29, 1.82) is 0 Å². The zero-order chi connectivity index (χ0) is 15.6. The molecule has 0 fully saturated rings. The van der Waals surface area contributed by atoms with Crippen molar-refractivity contribution in [2.75, 3.05) is 0 Å². The van der Waals surface area contributed by atoms with Gasteiger partial charge in [0.05, 0.1) is 0 Å². The number of aromatic nitrogens is 1. The molecule has 0 unspecified atom stereocenters. The van der Waals surface area contributed by atoms with Crippen LogP contribution in [0.3, 0.4) is 0 Å². The fraction of sp³-hybridized carbons (Fsp3) is 0.357. The van der Waals surface area contributed by atoms with E-state index >= 15 is 0 Å². The maximum Gasteiger partial charge on any atom is 0.246 e. The van der Waals surface area contributed by atoms with E-state index in [1.54, 1.807) is 26.0 Å². The molecular formula is C14H17ClN2O3S. The first-order valence-electron chi connectivity index (χ1n) is 6.55. The van der Waals surface area contributed by atoms with Crippen LogP contribution in [0.25, 0.3) is 0 Å². The molecule has 21 heavy (non-hydrogen) atoms. The second-order valence-electron chi connectivity index (χ2n) is 4.79. The number of nitrogens with one attached hydrogen (secondary N) is 1. The zero-order valence-corrected chi connectivity index (χ0v) is 13.6. The Bertz CT molecular complexity index is 704. The van der Waals surface area contributed by atoms with Crippen LogP contribution in [0.2, 0.25) is 5.02 Å². The van der Waals surface area contributed by atoms with Gasteiger partial charge in [-0.05, 0) is 38.0 Å². The molecular weight excluding hydrogens is 312 g/mol. The van der Waals surface area contributed by atoms with Crippen molar-refractivity contribution in [3.8, 4) is 0 Å². The summed E-state index contributed by atoms with van der Waals surface area (Å²) in [5.41, 5.74) is 1.21. The Balaban J connectivity index is 2.32. The van der Waals surface area contributed by atoms with Crippen LogP contribution in [0.5, 0.6) is 0 Å². The number of benzene rings is 1. The summed E-state index contributed by atoms with van der Waals surface area (Å²) in [5, 5.41) is 4.30. The molecule has 0 aliphatic rings. The lowest BCUT2D eigenvalue weighted by molar-refractivity contribution is 0.390. The van der Waals surface area contributed by atoms with Crippen LogP contribution in [0, 0.1) is 13.8 Å². The van der Waals surface area contributed by atoms with Crippen LogP contribution in [0.1, 0.15) is 36.4 Å². The summed E-state index contributed by atoms with van der Waals surface area (Å²) in [6.45, 7) is 5.10. The number of hydrogen-bond donors (Lipinski definition) is 1. The van der Waals surface area contributed by atoms with Crippen LogP contribution < -0.4 is 4.72 Å². The maximum absolute atomic E-state index is 12.5. The lowest BCUT2D eigenvalue weighted by Crippen LogP contribution is -2.29. The average Bonchev–Trinajstić information content (AvgIpc) is 2.77. The smallest absolute Gasteiger partial charge is 0.246 e. The van der Waals surface area contributed by atoms with E-state index in [9.17, 15) is 8.42 Å². The van der Waals surface area contributed by atoms with Gasteiger partial charge in [-0.3, -0.25) is 0 Å². The van der Waals surface area contributed by atoms with Crippen LogP contribution >= 0.6 is 11.6 Å². The first kappa shape index (κ1) is 16.0. The fourth-order valence-corrected chi connectivity index (χ4v) is 3.95. The monoisotopic (exact) mass is 328 g/mol. The number of hydrogen-bond acceptors (Lipinski definition) is 4. The summed E-state index contributed by atoms with van der Waals surface area (Å²) in [4.78, 5) is 0.106. The van der Waals surface area contributed by atoms with Crippen LogP contribution in [0.4, 0.5) is 0 Å². The van der Waals surface area contributed by atoms with E-state index in [-0.39, 0.29) is 16.7 Å². The molecule has 1 aromatic heterocycles. The second-order valence-corrected chi connectivity index (χ2v) is 6.87. The van der Waals surface area contributed by atoms with Gasteiger partial charge in [0.15, 0.2) is 5.76 Å². The summed E-state index contributed by atoms with van der Waals surface area (Å²) in [6, 6.07) is 6.77. The highest BCUT2D eigenvalue weighted by molar-refractivity contribution is 7.89. The third kappa shape index (κ3) is 3.45. The van der Waals surface area contributed by atoms with Crippen molar-refractivity contribution < 1.29 is 12.9 Å². The minimum Gasteiger partial charge on any atom is -0.360 e. The minimum absolute atomic E-state index is 0.106. The molecule has 0 spiro atoms. The van der Waals surface area contributed by atoms with Crippen molar-refractivity contribution in [2.45, 2.75) is 38.1 Å². The van der Waals surface area contributed by atoms with Gasteiger partial charge >= 0.3 is 0 Å². The SMILES string of the molecule is CC[C@H](NS(=O)(=O)c1c(C)noc1C)c1ccc(Cl)cc1. The van der Waals surface area contributed by atoms with Crippen LogP contribution in [-0.4, -0.2) is 13.6 Å². The summed E-state index contributed by atoms with van der Waals surface area (Å²) >= 11 is 5.86. The molecule has 0 aliphatic heterocycles. The third-order valence-corrected chi connectivity index (χ3v) is 5.18. The lowest BCUT2D eigenvalue weighted by atomic mass is 10.1. The number of rotatable bonds is 5. The van der Waals surface area contributed by atoms with Gasteiger partial charge in [0.25, 0.3) is 0 Å². The molecule has 0 saturated heterocycles. The quantitative estimate of drug-likeness (QED) is 0.913. The van der Waals surface area contributed by atoms with E-state index < -0.39 is 10.0 Å². The molecule has 0 amide bonds. The molecule has 0 saturated carbocycles. The highest BCUT2D eigenvalue weighted by Crippen LogP contribution is 2.24. The second kappa shape index (κ2) is 6.17. The van der Waals surface area contributed by atoms with Crippen LogP contribution in [-0.2, 0) is 10.0 Å². The van der Waals surface area contributed by atoms with Crippen LogP contribution in [0.15, 0.2) is 33.7 Å². The topological polar surface area (TPSA) is 72.2 Å². The summed E-state index contributed by atoms with van der Waals surface area (Å²) < 4.78 is 32.6. The van der Waals surface area contributed by atoms with Gasteiger partial charge in [-0.25, -0.2) is 13.1 Å². The zero-order valence-electron chi connectivity index (χ0n) is 12.1. The van der Waals surface area contributed by atoms with Crippen molar-refractivity contribution in [3.63, 3.8) is 0 Å². The molecule has 2 rings (SSSR count). The molecule has 1 heterocycles. The maximum atomic E-state index is 12.5. The molecule has 1 atom stereocenters. The summed E-state index contributed by atoms with van der Waals surface area (Å²) in [6.07, 6.45) is 0.615. The number of aryl methyl sites for hydroxylation is 2. The number of sulfonamides is 1. The van der Waals surface area contributed by atoms with Crippen molar-refractivity contribution in [1.82, 2.24) is 9.88 Å². The van der Waals surface area contributed by atoms with Gasteiger partial charge < -0.3 is 4.52 Å². The Morgan fingerprint density at radius 1 is 1.29 bits per heavy atom. The number of nitrogens with zero attached hydrogens (tertiary/aromatic N) is 1. The van der Waals surface area contributed by atoms with E-state index in [1.807, 2.05) is 19.1 Å². The standard InChI is InChI=1S/C14H17ClN2O3S/c1-4-13(11-5-7-12(15)8-6-11)17-21(18,19)14-9(2)16-20-10(14)3/h5-8,13,17H,4H2,1-3H3/t13-/m0/s1. The van der Waals surface area contributed by atoms with E-state index in [1.165, 1.54) is 0 Å². The molecule has 7 heteroatoms. The van der Waals surface area contributed by atoms with E-state index in [2.05, 4.69) is 9.88 Å². The molecule has 1 N–H and O–H groups in total. The molecule has 0 radical (unpaired) electrons. The Morgan fingerprint density at radius 2 is 1.90 bits per heavy atom.